The molecule has 12 nitrogen and oxygen atoms in total. The second kappa shape index (κ2) is 14.6. The minimum atomic E-state index is -3.51. The lowest BCUT2D eigenvalue weighted by molar-refractivity contribution is -0.757. The van der Waals surface area contributed by atoms with Crippen molar-refractivity contribution in [3.05, 3.63) is 75.8 Å². The second-order valence-corrected chi connectivity index (χ2v) is 10.4. The van der Waals surface area contributed by atoms with E-state index >= 15 is 0 Å². The molecule has 2 rings (SSSR count). The van der Waals surface area contributed by atoms with Gasteiger partial charge in [-0.15, -0.1) is 10.1 Å². The zero-order valence-corrected chi connectivity index (χ0v) is 22.2. The summed E-state index contributed by atoms with van der Waals surface area (Å²) < 4.78 is 34.4. The topological polar surface area (TPSA) is 176 Å². The molecule has 0 saturated heterocycles. The third-order valence-corrected chi connectivity index (χ3v) is 6.56. The number of sulfone groups is 1. The number of carboxylic acid groups (broad SMARTS) is 1. The van der Waals surface area contributed by atoms with Crippen molar-refractivity contribution in [2.45, 2.75) is 43.6 Å². The molecule has 0 fully saturated rings. The lowest BCUT2D eigenvalue weighted by atomic mass is 9.95. The van der Waals surface area contributed by atoms with Gasteiger partial charge in [0.2, 0.25) is 0 Å². The maximum Gasteiger partial charge on any atom is 0.344 e. The minimum absolute atomic E-state index is 0.0000739. The molecule has 210 valence electrons. The number of carbonyl (C=O) groups excluding carboxylic acids is 2. The Morgan fingerprint density at radius 2 is 1.62 bits per heavy atom. The van der Waals surface area contributed by atoms with Crippen LogP contribution in [0.3, 0.4) is 0 Å². The van der Waals surface area contributed by atoms with E-state index in [1.807, 2.05) is 0 Å². The highest BCUT2D eigenvalue weighted by atomic mass is 32.2. The van der Waals surface area contributed by atoms with Crippen LogP contribution in [0.25, 0.3) is 11.1 Å². The van der Waals surface area contributed by atoms with E-state index in [9.17, 15) is 38.0 Å². The average Bonchev–Trinajstić information content (AvgIpc) is 2.88. The summed E-state index contributed by atoms with van der Waals surface area (Å²) in [6.07, 6.45) is 0.813. The van der Waals surface area contributed by atoms with Crippen molar-refractivity contribution >= 4 is 38.9 Å². The van der Waals surface area contributed by atoms with Gasteiger partial charge in [-0.1, -0.05) is 48.9 Å². The lowest BCUT2D eigenvalue weighted by Crippen LogP contribution is -2.25. The Kier molecular flexibility index (Phi) is 11.6. The first-order chi connectivity index (χ1) is 18.4. The van der Waals surface area contributed by atoms with Crippen LogP contribution in [0.15, 0.2) is 59.5 Å². The quantitative estimate of drug-likeness (QED) is 0.0839. The molecular weight excluding hydrogens is 534 g/mol. The van der Waals surface area contributed by atoms with E-state index in [0.717, 1.165) is 6.26 Å². The first-order valence-corrected chi connectivity index (χ1v) is 13.7. The molecule has 0 bridgehead atoms. The fourth-order valence-corrected chi connectivity index (χ4v) is 4.04. The van der Waals surface area contributed by atoms with Gasteiger partial charge >= 0.3 is 17.9 Å². The largest absolute Gasteiger partial charge is 0.479 e. The van der Waals surface area contributed by atoms with Crippen LogP contribution in [0.1, 0.15) is 43.7 Å². The number of hydrogen-bond donors (Lipinski definition) is 1. The van der Waals surface area contributed by atoms with Crippen LogP contribution in [-0.2, 0) is 38.5 Å². The molecule has 0 aliphatic carbocycles. The zero-order chi connectivity index (χ0) is 29.0. The van der Waals surface area contributed by atoms with Crippen LogP contribution in [0.4, 0.5) is 0 Å². The van der Waals surface area contributed by atoms with Gasteiger partial charge in [-0.05, 0) is 43.0 Å². The molecule has 0 amide bonds. The maximum absolute atomic E-state index is 13.2. The molecule has 13 heteroatoms. The molecule has 0 aliphatic rings. The molecule has 1 atom stereocenters. The van der Waals surface area contributed by atoms with E-state index < -0.39 is 45.5 Å². The van der Waals surface area contributed by atoms with E-state index in [-0.39, 0.29) is 29.1 Å². The van der Waals surface area contributed by atoms with Gasteiger partial charge in [0.15, 0.2) is 15.9 Å². The highest BCUT2D eigenvalue weighted by Crippen LogP contribution is 2.29. The molecule has 0 spiro atoms. The summed E-state index contributed by atoms with van der Waals surface area (Å²) in [5.41, 5.74) is 0.840. The number of hydrogen-bond acceptors (Lipinski definition) is 10. The van der Waals surface area contributed by atoms with Gasteiger partial charge in [-0.25, -0.2) is 18.0 Å². The lowest BCUT2D eigenvalue weighted by Gasteiger charge is -2.18. The molecule has 0 aromatic heterocycles. The number of carbonyl (C=O) groups is 3. The van der Waals surface area contributed by atoms with Crippen molar-refractivity contribution in [2.24, 2.45) is 0 Å². The Bertz CT molecular complexity index is 1300. The molecule has 0 aliphatic heterocycles. The van der Waals surface area contributed by atoms with Crippen molar-refractivity contribution in [1.29, 1.82) is 0 Å². The molecule has 1 N–H and O–H groups in total. The monoisotopic (exact) mass is 563 g/mol. The van der Waals surface area contributed by atoms with Gasteiger partial charge in [0.05, 0.1) is 17.1 Å². The van der Waals surface area contributed by atoms with Crippen molar-refractivity contribution in [3.8, 4) is 0 Å². The zero-order valence-electron chi connectivity index (χ0n) is 21.4. The molecule has 2 aromatic carbocycles. The summed E-state index contributed by atoms with van der Waals surface area (Å²) in [6.45, 7) is 0.706. The van der Waals surface area contributed by atoms with Gasteiger partial charge in [0.25, 0.3) is 5.09 Å². The number of rotatable bonds is 15. The number of unbranched alkanes of at least 4 members (excludes halogenated alkanes) is 2. The average molecular weight is 564 g/mol. The third kappa shape index (κ3) is 10.2. The molecule has 39 heavy (non-hydrogen) atoms. The van der Waals surface area contributed by atoms with Crippen LogP contribution < -0.4 is 0 Å². The number of nitrogens with zero attached hydrogens (tertiary/aromatic N) is 1. The predicted molar refractivity (Wildman–Crippen MR) is 138 cm³/mol. The van der Waals surface area contributed by atoms with Gasteiger partial charge in [0.1, 0.15) is 6.61 Å². The highest BCUT2D eigenvalue weighted by molar-refractivity contribution is 7.90. The fourth-order valence-electron chi connectivity index (χ4n) is 3.41. The summed E-state index contributed by atoms with van der Waals surface area (Å²) in [7, 11) is -3.51. The van der Waals surface area contributed by atoms with Gasteiger partial charge in [-0.2, -0.15) is 0 Å². The smallest absolute Gasteiger partial charge is 0.344 e. The number of benzene rings is 2. The second-order valence-electron chi connectivity index (χ2n) is 8.43. The van der Waals surface area contributed by atoms with E-state index in [0.29, 0.717) is 30.4 Å². The first-order valence-electron chi connectivity index (χ1n) is 11.9. The summed E-state index contributed by atoms with van der Waals surface area (Å²) >= 11 is 0. The molecule has 0 saturated carbocycles. The van der Waals surface area contributed by atoms with Crippen molar-refractivity contribution < 1.29 is 47.3 Å². The van der Waals surface area contributed by atoms with Crippen molar-refractivity contribution in [3.63, 3.8) is 0 Å². The SMILES string of the molecule is CC(OC(=O)/C(=C(\COC(=O)CCCCCO[N+](=O)[O-])c1ccc(S(C)(=O)=O)cc1)c1ccccc1)C(=O)O. The third-order valence-electron chi connectivity index (χ3n) is 5.43. The normalized spacial score (nSPS) is 12.6. The van der Waals surface area contributed by atoms with Gasteiger partial charge < -0.3 is 19.4 Å². The van der Waals surface area contributed by atoms with Gasteiger partial charge in [-0.3, -0.25) is 4.79 Å². The van der Waals surface area contributed by atoms with Crippen LogP contribution in [0, 0.1) is 10.1 Å². The number of esters is 2. The number of ether oxygens (including phenoxy) is 2. The molecule has 0 radical (unpaired) electrons. The number of carboxylic acids is 1. The van der Waals surface area contributed by atoms with Crippen LogP contribution in [0.2, 0.25) is 0 Å². The first kappa shape index (κ1) is 31.0. The molecular formula is C26H29NO11S. The Morgan fingerprint density at radius 3 is 2.18 bits per heavy atom. The van der Waals surface area contributed by atoms with Crippen molar-refractivity contribution in [1.82, 2.24) is 0 Å². The highest BCUT2D eigenvalue weighted by Gasteiger charge is 2.25. The summed E-state index contributed by atoms with van der Waals surface area (Å²) in [5.74, 6) is -2.93. The van der Waals surface area contributed by atoms with Crippen molar-refractivity contribution in [2.75, 3.05) is 19.5 Å². The predicted octanol–water partition coefficient (Wildman–Crippen LogP) is 3.33. The Balaban J connectivity index is 2.40. The Labute approximate surface area is 225 Å². The van der Waals surface area contributed by atoms with E-state index in [1.165, 1.54) is 31.2 Å². The fraction of sp³-hybridized carbons (Fsp3) is 0.346. The van der Waals surface area contributed by atoms with Crippen LogP contribution in [0.5, 0.6) is 0 Å². The van der Waals surface area contributed by atoms with Crippen LogP contribution in [-0.4, -0.2) is 62.1 Å². The molecule has 2 aromatic rings. The van der Waals surface area contributed by atoms with Gasteiger partial charge in [0, 0.05) is 18.2 Å². The molecule has 1 unspecified atom stereocenters. The summed E-state index contributed by atoms with van der Waals surface area (Å²) in [4.78, 5) is 51.4. The standard InChI is InChI=1S/C26H29NO11S/c1-18(25(29)30)38-26(31)24(20-9-5-3-6-10-20)22(19-12-14-21(15-13-19)39(2,34)35)17-36-23(28)11-7-4-8-16-37-27(32)33/h3,5-6,9-10,12-15,18H,4,7-8,11,16-17H2,1-2H3,(H,29,30)/b24-22+. The van der Waals surface area contributed by atoms with E-state index in [1.54, 1.807) is 30.3 Å². The summed E-state index contributed by atoms with van der Waals surface area (Å²) in [5, 5.41) is 18.5. The summed E-state index contributed by atoms with van der Waals surface area (Å²) in [6, 6.07) is 13.8. The maximum atomic E-state index is 13.2. The Hall–Kier alpha value is -4.26. The van der Waals surface area contributed by atoms with E-state index in [4.69, 9.17) is 9.47 Å². The van der Waals surface area contributed by atoms with E-state index in [2.05, 4.69) is 4.84 Å². The molecule has 0 heterocycles. The Morgan fingerprint density at radius 1 is 0.974 bits per heavy atom. The van der Waals surface area contributed by atoms with Crippen LogP contribution >= 0.6 is 0 Å². The number of aliphatic carboxylic acids is 1. The minimum Gasteiger partial charge on any atom is -0.479 e.